The molecular formula is C17H22ClN5O. The van der Waals surface area contributed by atoms with Crippen molar-refractivity contribution in [3.05, 3.63) is 40.9 Å². The lowest BCUT2D eigenvalue weighted by atomic mass is 10.1. The van der Waals surface area contributed by atoms with Crippen molar-refractivity contribution in [3.8, 4) is 5.69 Å². The van der Waals surface area contributed by atoms with E-state index < -0.39 is 0 Å². The van der Waals surface area contributed by atoms with Crippen LogP contribution in [0.5, 0.6) is 0 Å². The molecule has 0 aliphatic carbocycles. The van der Waals surface area contributed by atoms with Crippen molar-refractivity contribution in [2.24, 2.45) is 5.73 Å². The quantitative estimate of drug-likeness (QED) is 0.921. The van der Waals surface area contributed by atoms with Gasteiger partial charge in [0.05, 0.1) is 10.7 Å². The Balaban J connectivity index is 1.91. The van der Waals surface area contributed by atoms with Gasteiger partial charge in [-0.25, -0.2) is 9.67 Å². The molecule has 3 rings (SSSR count). The van der Waals surface area contributed by atoms with Crippen molar-refractivity contribution < 1.29 is 4.79 Å². The Labute approximate surface area is 146 Å². The van der Waals surface area contributed by atoms with Crippen LogP contribution in [0.1, 0.15) is 42.6 Å². The summed E-state index contributed by atoms with van der Waals surface area (Å²) in [4.78, 5) is 19.0. The maximum atomic E-state index is 12.7. The molecule has 0 unspecified atom stereocenters. The van der Waals surface area contributed by atoms with E-state index in [1.54, 1.807) is 9.58 Å². The maximum absolute atomic E-state index is 12.7. The van der Waals surface area contributed by atoms with Gasteiger partial charge in [-0.2, -0.15) is 0 Å². The zero-order valence-corrected chi connectivity index (χ0v) is 14.5. The number of carbonyl (C=O) groups is 1. The number of likely N-dealkylation sites (tertiary alicyclic amines) is 1. The Kier molecular flexibility index (Phi) is 5.16. The molecule has 1 amide bonds. The predicted molar refractivity (Wildman–Crippen MR) is 93.5 cm³/mol. The molecule has 1 saturated heterocycles. The minimum Gasteiger partial charge on any atom is -0.336 e. The molecule has 0 radical (unpaired) electrons. The molecule has 1 aliphatic rings. The topological polar surface area (TPSA) is 77.0 Å². The van der Waals surface area contributed by atoms with Crippen LogP contribution in [0.2, 0.25) is 5.02 Å². The van der Waals surface area contributed by atoms with Gasteiger partial charge in [-0.1, -0.05) is 30.7 Å². The molecule has 2 aromatic rings. The van der Waals surface area contributed by atoms with E-state index in [0.717, 1.165) is 37.2 Å². The molecular weight excluding hydrogens is 326 g/mol. The summed E-state index contributed by atoms with van der Waals surface area (Å²) in [5, 5.41) is 5.04. The third-order valence-corrected chi connectivity index (χ3v) is 4.57. The third-order valence-electron chi connectivity index (χ3n) is 4.25. The summed E-state index contributed by atoms with van der Waals surface area (Å²) in [5.74, 6) is 0.849. The van der Waals surface area contributed by atoms with Crippen LogP contribution in [0.4, 0.5) is 0 Å². The Morgan fingerprint density at radius 3 is 2.71 bits per heavy atom. The van der Waals surface area contributed by atoms with Gasteiger partial charge >= 0.3 is 0 Å². The summed E-state index contributed by atoms with van der Waals surface area (Å²) in [6.07, 6.45) is 3.28. The molecule has 0 atom stereocenters. The van der Waals surface area contributed by atoms with Crippen LogP contribution in [0.15, 0.2) is 24.3 Å². The number of nitrogens with two attached hydrogens (primary N) is 1. The van der Waals surface area contributed by atoms with Gasteiger partial charge in [0.15, 0.2) is 0 Å². The summed E-state index contributed by atoms with van der Waals surface area (Å²) >= 11 is 6.29. The summed E-state index contributed by atoms with van der Waals surface area (Å²) < 4.78 is 1.69. The number of piperidine rings is 1. The maximum Gasteiger partial charge on any atom is 0.293 e. The number of halogens is 1. The Bertz CT molecular complexity index is 722. The van der Waals surface area contributed by atoms with Crippen LogP contribution in [0.3, 0.4) is 0 Å². The van der Waals surface area contributed by atoms with Crippen molar-refractivity contribution in [1.82, 2.24) is 19.7 Å². The predicted octanol–water partition coefficient (Wildman–Crippen LogP) is 2.44. The highest BCUT2D eigenvalue weighted by Gasteiger charge is 2.26. The van der Waals surface area contributed by atoms with Gasteiger partial charge in [-0.3, -0.25) is 4.79 Å². The first kappa shape index (κ1) is 16.9. The van der Waals surface area contributed by atoms with E-state index in [1.165, 1.54) is 0 Å². The van der Waals surface area contributed by atoms with Gasteiger partial charge < -0.3 is 10.6 Å². The number of carbonyl (C=O) groups excluding carboxylic acids is 1. The summed E-state index contributed by atoms with van der Waals surface area (Å²) in [7, 11) is 0. The van der Waals surface area contributed by atoms with Crippen LogP contribution in [-0.2, 0) is 6.42 Å². The highest BCUT2D eigenvalue weighted by Crippen LogP contribution is 2.21. The smallest absolute Gasteiger partial charge is 0.293 e. The van der Waals surface area contributed by atoms with Crippen LogP contribution < -0.4 is 5.73 Å². The number of aryl methyl sites for hydroxylation is 1. The van der Waals surface area contributed by atoms with E-state index in [1.807, 2.05) is 24.3 Å². The zero-order valence-electron chi connectivity index (χ0n) is 13.8. The highest BCUT2D eigenvalue weighted by molar-refractivity contribution is 6.32. The van der Waals surface area contributed by atoms with Gasteiger partial charge in [-0.15, -0.1) is 5.10 Å². The highest BCUT2D eigenvalue weighted by atomic mass is 35.5. The minimum atomic E-state index is -0.134. The van der Waals surface area contributed by atoms with Gasteiger partial charge in [0.25, 0.3) is 5.91 Å². The SMILES string of the molecule is CCCc1nc(C(=O)N2CCC(N)CC2)nn1-c1ccccc1Cl. The molecule has 2 heterocycles. The second-order valence-electron chi connectivity index (χ2n) is 6.09. The summed E-state index contributed by atoms with van der Waals surface area (Å²) in [6, 6.07) is 7.63. The molecule has 1 fully saturated rings. The van der Waals surface area contributed by atoms with Crippen LogP contribution in [0.25, 0.3) is 5.69 Å². The number of hydrogen-bond acceptors (Lipinski definition) is 4. The van der Waals surface area contributed by atoms with E-state index in [-0.39, 0.29) is 17.8 Å². The Morgan fingerprint density at radius 1 is 1.33 bits per heavy atom. The van der Waals surface area contributed by atoms with Gasteiger partial charge in [-0.05, 0) is 31.4 Å². The first-order chi connectivity index (χ1) is 11.6. The Hall–Kier alpha value is -1.92. The molecule has 1 aliphatic heterocycles. The summed E-state index contributed by atoms with van der Waals surface area (Å²) in [5.41, 5.74) is 6.65. The van der Waals surface area contributed by atoms with Crippen LogP contribution in [-0.4, -0.2) is 44.7 Å². The van der Waals surface area contributed by atoms with Gasteiger partial charge in [0, 0.05) is 25.6 Å². The lowest BCUT2D eigenvalue weighted by molar-refractivity contribution is 0.0702. The molecule has 6 nitrogen and oxygen atoms in total. The fourth-order valence-corrected chi connectivity index (χ4v) is 3.10. The second kappa shape index (κ2) is 7.32. The second-order valence-corrected chi connectivity index (χ2v) is 6.50. The van der Waals surface area contributed by atoms with E-state index in [0.29, 0.717) is 18.1 Å². The zero-order chi connectivity index (χ0) is 17.1. The molecule has 7 heteroatoms. The number of para-hydroxylation sites is 1. The van der Waals surface area contributed by atoms with E-state index >= 15 is 0 Å². The average Bonchev–Trinajstić information content (AvgIpc) is 2.99. The van der Waals surface area contributed by atoms with E-state index in [9.17, 15) is 4.79 Å². The first-order valence-corrected chi connectivity index (χ1v) is 8.73. The average molecular weight is 348 g/mol. The monoisotopic (exact) mass is 347 g/mol. The number of nitrogens with zero attached hydrogens (tertiary/aromatic N) is 4. The lowest BCUT2D eigenvalue weighted by Crippen LogP contribution is -2.43. The van der Waals surface area contributed by atoms with Crippen molar-refractivity contribution in [3.63, 3.8) is 0 Å². The molecule has 2 N–H and O–H groups in total. The number of amides is 1. The van der Waals surface area contributed by atoms with Crippen molar-refractivity contribution in [1.29, 1.82) is 0 Å². The van der Waals surface area contributed by atoms with E-state index in [2.05, 4.69) is 17.0 Å². The molecule has 24 heavy (non-hydrogen) atoms. The summed E-state index contributed by atoms with van der Waals surface area (Å²) in [6.45, 7) is 3.38. The van der Waals surface area contributed by atoms with Crippen molar-refractivity contribution in [2.75, 3.05) is 13.1 Å². The van der Waals surface area contributed by atoms with Gasteiger partial charge in [0.1, 0.15) is 5.82 Å². The van der Waals surface area contributed by atoms with E-state index in [4.69, 9.17) is 17.3 Å². The normalized spacial score (nSPS) is 15.7. The fraction of sp³-hybridized carbons (Fsp3) is 0.471. The molecule has 1 aromatic carbocycles. The first-order valence-electron chi connectivity index (χ1n) is 8.36. The fourth-order valence-electron chi connectivity index (χ4n) is 2.88. The molecule has 0 bridgehead atoms. The number of benzene rings is 1. The van der Waals surface area contributed by atoms with Crippen molar-refractivity contribution >= 4 is 17.5 Å². The molecule has 128 valence electrons. The number of aromatic nitrogens is 3. The number of hydrogen-bond donors (Lipinski definition) is 1. The molecule has 1 aromatic heterocycles. The van der Waals surface area contributed by atoms with Crippen molar-refractivity contribution in [2.45, 2.75) is 38.6 Å². The minimum absolute atomic E-state index is 0.134. The lowest BCUT2D eigenvalue weighted by Gasteiger charge is -2.29. The third kappa shape index (κ3) is 3.44. The standard InChI is InChI=1S/C17H22ClN5O/c1-2-5-15-20-16(17(24)22-10-8-12(19)9-11-22)21-23(15)14-7-4-3-6-13(14)18/h3-4,6-7,12H,2,5,8-11,19H2,1H3. The van der Waals surface area contributed by atoms with Crippen LogP contribution >= 0.6 is 11.6 Å². The number of rotatable bonds is 4. The molecule has 0 spiro atoms. The Morgan fingerprint density at radius 2 is 2.04 bits per heavy atom. The largest absolute Gasteiger partial charge is 0.336 e. The molecule has 0 saturated carbocycles. The van der Waals surface area contributed by atoms with Gasteiger partial charge in [0.2, 0.25) is 5.82 Å². The van der Waals surface area contributed by atoms with Crippen LogP contribution in [0, 0.1) is 0 Å².